The normalized spacial score (nSPS) is 21.4. The molecule has 1 aliphatic rings. The van der Waals surface area contributed by atoms with Crippen molar-refractivity contribution in [3.8, 4) is 0 Å². The summed E-state index contributed by atoms with van der Waals surface area (Å²) in [6, 6.07) is 0. The molecule has 0 atom stereocenters. The van der Waals surface area contributed by atoms with Crippen molar-refractivity contribution >= 4 is 11.7 Å². The molecule has 0 aromatic heterocycles. The number of hydrogen-bond acceptors (Lipinski definition) is 2. The van der Waals surface area contributed by atoms with Gasteiger partial charge in [0.1, 0.15) is 0 Å². The Morgan fingerprint density at radius 3 is 1.65 bits per heavy atom. The largest absolute Gasteiger partial charge is 0.329 e. The van der Waals surface area contributed by atoms with Crippen LogP contribution in [0.15, 0.2) is 24.3 Å². The van der Waals surface area contributed by atoms with Crippen LogP contribution >= 0.6 is 0 Å². The molecular formula is C17H27NO2. The quantitative estimate of drug-likeness (QED) is 0.740. The first-order chi connectivity index (χ1) is 8.90. The van der Waals surface area contributed by atoms with Crippen LogP contribution in [0.4, 0.5) is 0 Å². The maximum Gasteiger partial charge on any atom is 0.249 e. The van der Waals surface area contributed by atoms with E-state index >= 15 is 0 Å². The molecule has 3 heteroatoms. The van der Waals surface area contributed by atoms with Gasteiger partial charge in [0.05, 0.1) is 0 Å². The zero-order valence-corrected chi connectivity index (χ0v) is 13.7. The topological polar surface area (TPSA) is 37.4 Å². The molecule has 0 bridgehead atoms. The number of carbonyl (C=O) groups excluding carboxylic acids is 2. The van der Waals surface area contributed by atoms with E-state index in [9.17, 15) is 9.59 Å². The van der Waals surface area contributed by atoms with E-state index in [1.54, 1.807) is 13.8 Å². The van der Waals surface area contributed by atoms with Gasteiger partial charge >= 0.3 is 0 Å². The summed E-state index contributed by atoms with van der Waals surface area (Å²) in [5, 5.41) is 0. The first kappa shape index (κ1) is 16.7. The number of ketones is 1. The number of nitrogens with zero attached hydrogens (tertiary/aromatic N) is 1. The van der Waals surface area contributed by atoms with E-state index < -0.39 is 0 Å². The van der Waals surface area contributed by atoms with E-state index in [0.29, 0.717) is 24.0 Å². The molecule has 112 valence electrons. The van der Waals surface area contributed by atoms with Crippen molar-refractivity contribution in [2.45, 2.75) is 65.5 Å². The van der Waals surface area contributed by atoms with E-state index in [1.165, 1.54) is 0 Å². The van der Waals surface area contributed by atoms with Gasteiger partial charge in [-0.15, -0.1) is 0 Å². The average molecular weight is 277 g/mol. The molecule has 20 heavy (non-hydrogen) atoms. The van der Waals surface area contributed by atoms with Crippen molar-refractivity contribution in [2.24, 2.45) is 5.92 Å². The Labute approximate surface area is 122 Å². The van der Waals surface area contributed by atoms with E-state index in [4.69, 9.17) is 0 Å². The predicted octanol–water partition coefficient (Wildman–Crippen LogP) is 3.50. The Hall–Kier alpha value is -1.38. The highest BCUT2D eigenvalue weighted by atomic mass is 16.2. The summed E-state index contributed by atoms with van der Waals surface area (Å²) in [4.78, 5) is 26.6. The molecule has 0 unspecified atom stereocenters. The van der Waals surface area contributed by atoms with E-state index in [-0.39, 0.29) is 28.7 Å². The number of likely N-dealkylation sites (tertiary alicyclic amines) is 1. The molecule has 0 aromatic carbocycles. The number of hydrogen-bond donors (Lipinski definition) is 0. The molecule has 1 heterocycles. The van der Waals surface area contributed by atoms with Crippen LogP contribution in [0, 0.1) is 5.92 Å². The first-order valence-corrected chi connectivity index (χ1v) is 7.10. The van der Waals surface area contributed by atoms with Crippen molar-refractivity contribution in [3.05, 3.63) is 24.3 Å². The van der Waals surface area contributed by atoms with Crippen LogP contribution in [0.25, 0.3) is 0 Å². The second-order valence-electron chi connectivity index (χ2n) is 7.30. The third-order valence-electron chi connectivity index (χ3n) is 4.06. The number of amides is 1. The van der Waals surface area contributed by atoms with Gasteiger partial charge in [-0.1, -0.05) is 13.2 Å². The summed E-state index contributed by atoms with van der Waals surface area (Å²) in [5.41, 5.74) is 0.401. The average Bonchev–Trinajstić information content (AvgIpc) is 2.23. The van der Waals surface area contributed by atoms with Crippen LogP contribution in [-0.2, 0) is 9.59 Å². The monoisotopic (exact) mass is 277 g/mol. The molecule has 0 saturated carbocycles. The lowest BCUT2D eigenvalue weighted by molar-refractivity contribution is -0.150. The lowest BCUT2D eigenvalue weighted by Crippen LogP contribution is -2.63. The predicted molar refractivity (Wildman–Crippen MR) is 82.4 cm³/mol. The van der Waals surface area contributed by atoms with Gasteiger partial charge in [-0.3, -0.25) is 9.59 Å². The fourth-order valence-corrected chi connectivity index (χ4v) is 3.55. The molecule has 0 spiro atoms. The Balaban J connectivity index is 3.17. The van der Waals surface area contributed by atoms with Gasteiger partial charge in [0.15, 0.2) is 5.78 Å². The Morgan fingerprint density at radius 2 is 1.35 bits per heavy atom. The number of allylic oxidation sites excluding steroid dienone is 1. The highest BCUT2D eigenvalue weighted by molar-refractivity contribution is 5.97. The summed E-state index contributed by atoms with van der Waals surface area (Å²) < 4.78 is 0. The lowest BCUT2D eigenvalue weighted by atomic mass is 9.71. The van der Waals surface area contributed by atoms with Gasteiger partial charge in [-0.05, 0) is 60.0 Å². The van der Waals surface area contributed by atoms with Crippen LogP contribution in [0.1, 0.15) is 54.4 Å². The van der Waals surface area contributed by atoms with Crippen LogP contribution in [0.5, 0.6) is 0 Å². The van der Waals surface area contributed by atoms with Gasteiger partial charge in [-0.2, -0.15) is 0 Å². The van der Waals surface area contributed by atoms with Gasteiger partial charge in [0.25, 0.3) is 0 Å². The van der Waals surface area contributed by atoms with E-state index in [0.717, 1.165) is 0 Å². The van der Waals surface area contributed by atoms with Crippen LogP contribution in [-0.4, -0.2) is 27.7 Å². The molecule has 1 fully saturated rings. The standard InChI is InChI=1S/C17H27NO2/c1-11(2)14(19)13-9-16(5,6)18(15(20)12(3)4)17(7,8)10-13/h13H,1,3,9-10H2,2,4-8H3. The minimum Gasteiger partial charge on any atom is -0.329 e. The number of piperidine rings is 1. The Morgan fingerprint density at radius 1 is 0.950 bits per heavy atom. The smallest absolute Gasteiger partial charge is 0.249 e. The van der Waals surface area contributed by atoms with Crippen LogP contribution in [0.2, 0.25) is 0 Å². The Kier molecular flexibility index (Phi) is 4.33. The number of Topliss-reactive ketones (excluding diaryl/α,β-unsaturated/α-hetero) is 1. The fraction of sp³-hybridized carbons (Fsp3) is 0.647. The first-order valence-electron chi connectivity index (χ1n) is 7.10. The summed E-state index contributed by atoms with van der Waals surface area (Å²) in [6.07, 6.45) is 1.34. The SMILES string of the molecule is C=C(C)C(=O)C1CC(C)(C)N(C(=O)C(=C)C)C(C)(C)C1. The van der Waals surface area contributed by atoms with Crippen LogP contribution in [0.3, 0.4) is 0 Å². The molecule has 0 N–H and O–H groups in total. The third-order valence-corrected chi connectivity index (χ3v) is 4.06. The van der Waals surface area contributed by atoms with E-state index in [1.807, 2.05) is 32.6 Å². The molecule has 1 amide bonds. The maximum atomic E-state index is 12.5. The number of rotatable bonds is 3. The third kappa shape index (κ3) is 3.02. The molecule has 0 radical (unpaired) electrons. The van der Waals surface area contributed by atoms with Crippen molar-refractivity contribution in [2.75, 3.05) is 0 Å². The van der Waals surface area contributed by atoms with E-state index in [2.05, 4.69) is 13.2 Å². The zero-order chi connectivity index (χ0) is 15.9. The summed E-state index contributed by atoms with van der Waals surface area (Å²) >= 11 is 0. The van der Waals surface area contributed by atoms with Gasteiger partial charge in [0.2, 0.25) is 5.91 Å². The molecule has 0 aromatic rings. The van der Waals surface area contributed by atoms with Crippen molar-refractivity contribution in [1.29, 1.82) is 0 Å². The summed E-state index contributed by atoms with van der Waals surface area (Å²) in [6.45, 7) is 19.1. The summed E-state index contributed by atoms with van der Waals surface area (Å²) in [7, 11) is 0. The second-order valence-corrected chi connectivity index (χ2v) is 7.30. The maximum absolute atomic E-state index is 12.5. The number of carbonyl (C=O) groups is 2. The van der Waals surface area contributed by atoms with Crippen LogP contribution < -0.4 is 0 Å². The Bertz CT molecular complexity index is 453. The lowest BCUT2D eigenvalue weighted by Gasteiger charge is -2.55. The van der Waals surface area contributed by atoms with Gasteiger partial charge in [-0.25, -0.2) is 0 Å². The van der Waals surface area contributed by atoms with Crippen molar-refractivity contribution in [3.63, 3.8) is 0 Å². The zero-order valence-electron chi connectivity index (χ0n) is 13.7. The molecule has 3 nitrogen and oxygen atoms in total. The molecular weight excluding hydrogens is 250 g/mol. The highest BCUT2D eigenvalue weighted by Gasteiger charge is 2.49. The minimum absolute atomic E-state index is 0.0266. The van der Waals surface area contributed by atoms with Gasteiger partial charge < -0.3 is 4.90 Å². The fourth-order valence-electron chi connectivity index (χ4n) is 3.55. The van der Waals surface area contributed by atoms with Crippen molar-refractivity contribution < 1.29 is 9.59 Å². The minimum atomic E-state index is -0.368. The molecule has 1 aliphatic heterocycles. The molecule has 1 rings (SSSR count). The van der Waals surface area contributed by atoms with Gasteiger partial charge in [0, 0.05) is 22.6 Å². The summed E-state index contributed by atoms with van der Waals surface area (Å²) in [5.74, 6) is 0.0291. The van der Waals surface area contributed by atoms with Crippen molar-refractivity contribution in [1.82, 2.24) is 4.90 Å². The molecule has 1 saturated heterocycles. The highest BCUT2D eigenvalue weighted by Crippen LogP contribution is 2.42. The molecule has 0 aliphatic carbocycles. The second kappa shape index (κ2) is 5.19.